The Hall–Kier alpha value is -1.18. The van der Waals surface area contributed by atoms with Crippen molar-refractivity contribution in [2.75, 3.05) is 0 Å². The standard InChI is InChI=1S/C4H10N2O5/c5-10-3(8)1-2(7)4(9)11-6/h2,7H,1H2,5-6H3/q+2. The van der Waals surface area contributed by atoms with Crippen LogP contribution in [0.5, 0.6) is 0 Å². The zero-order chi connectivity index (χ0) is 8.85. The molecule has 11 heavy (non-hydrogen) atoms. The van der Waals surface area contributed by atoms with Crippen LogP contribution in [0.2, 0.25) is 0 Å². The predicted molar refractivity (Wildman–Crippen MR) is 28.6 cm³/mol. The first-order chi connectivity index (χ1) is 5.11. The van der Waals surface area contributed by atoms with Crippen LogP contribution in [-0.4, -0.2) is 23.1 Å². The van der Waals surface area contributed by atoms with Crippen molar-refractivity contribution in [2.45, 2.75) is 12.5 Å². The minimum Gasteiger partial charge on any atom is -0.381 e. The fraction of sp³-hybridized carbons (Fsp3) is 0.500. The van der Waals surface area contributed by atoms with E-state index in [4.69, 9.17) is 5.11 Å². The highest BCUT2D eigenvalue weighted by Gasteiger charge is 2.22. The molecule has 1 atom stereocenters. The topological polar surface area (TPSA) is 128 Å². The molecule has 0 aromatic heterocycles. The molecule has 0 fully saturated rings. The number of hydrogen-bond donors (Lipinski definition) is 3. The Morgan fingerprint density at radius 1 is 1.36 bits per heavy atom. The van der Waals surface area contributed by atoms with Gasteiger partial charge in [0, 0.05) is 0 Å². The zero-order valence-electron chi connectivity index (χ0n) is 5.78. The Balaban J connectivity index is 3.77. The molecular formula is C4H10N2O5+2. The van der Waals surface area contributed by atoms with Gasteiger partial charge in [-0.3, -0.25) is 9.68 Å². The second-order valence-corrected chi connectivity index (χ2v) is 1.70. The van der Waals surface area contributed by atoms with Crippen molar-refractivity contribution in [1.82, 2.24) is 0 Å². The van der Waals surface area contributed by atoms with Crippen molar-refractivity contribution in [3.05, 3.63) is 0 Å². The Kier molecular flexibility index (Phi) is 4.11. The molecule has 7 N–H and O–H groups in total. The fourth-order valence-electron chi connectivity index (χ4n) is 0.396. The fourth-order valence-corrected chi connectivity index (χ4v) is 0.396. The number of aliphatic hydroxyl groups is 1. The van der Waals surface area contributed by atoms with Crippen molar-refractivity contribution in [3.8, 4) is 0 Å². The maximum absolute atomic E-state index is 10.4. The average molecular weight is 166 g/mol. The molecule has 0 aliphatic carbocycles. The molecule has 7 heteroatoms. The molecule has 0 aromatic rings. The Morgan fingerprint density at radius 2 is 1.91 bits per heavy atom. The van der Waals surface area contributed by atoms with Crippen molar-refractivity contribution < 1.29 is 36.2 Å². The summed E-state index contributed by atoms with van der Waals surface area (Å²) in [5, 5.41) is 8.78. The first-order valence-electron chi connectivity index (χ1n) is 2.70. The first kappa shape index (κ1) is 9.82. The van der Waals surface area contributed by atoms with Crippen LogP contribution in [0.3, 0.4) is 0 Å². The van der Waals surface area contributed by atoms with Crippen LogP contribution < -0.4 is 11.8 Å². The lowest BCUT2D eigenvalue weighted by Crippen LogP contribution is -2.55. The van der Waals surface area contributed by atoms with Crippen LogP contribution in [-0.2, 0) is 19.3 Å². The highest BCUT2D eigenvalue weighted by molar-refractivity contribution is 5.80. The van der Waals surface area contributed by atoms with Gasteiger partial charge in [-0.05, 0) is 0 Å². The number of carbonyl (C=O) groups is 2. The molecule has 0 aromatic carbocycles. The molecule has 0 bridgehead atoms. The zero-order valence-corrected chi connectivity index (χ0v) is 5.78. The van der Waals surface area contributed by atoms with E-state index in [1.165, 1.54) is 0 Å². The van der Waals surface area contributed by atoms with Gasteiger partial charge in [0.25, 0.3) is 0 Å². The Morgan fingerprint density at radius 3 is 2.27 bits per heavy atom. The number of rotatable bonds is 3. The summed E-state index contributed by atoms with van der Waals surface area (Å²) >= 11 is 0. The van der Waals surface area contributed by atoms with Gasteiger partial charge in [-0.25, -0.2) is 9.59 Å². The summed E-state index contributed by atoms with van der Waals surface area (Å²) in [6.45, 7) is 0. The first-order valence-corrected chi connectivity index (χ1v) is 2.70. The van der Waals surface area contributed by atoms with Crippen LogP contribution in [0.15, 0.2) is 0 Å². The third kappa shape index (κ3) is 3.50. The van der Waals surface area contributed by atoms with E-state index in [-0.39, 0.29) is 0 Å². The average Bonchev–Trinajstić information content (AvgIpc) is 2.02. The Bertz CT molecular complexity index is 159. The molecule has 7 nitrogen and oxygen atoms in total. The minimum atomic E-state index is -1.53. The summed E-state index contributed by atoms with van der Waals surface area (Å²) in [5.74, 6) is 3.79. The molecule has 0 amide bonds. The van der Waals surface area contributed by atoms with E-state index in [2.05, 4.69) is 21.5 Å². The van der Waals surface area contributed by atoms with Gasteiger partial charge in [0.05, 0.1) is 6.42 Å². The van der Waals surface area contributed by atoms with Crippen LogP contribution in [0.25, 0.3) is 0 Å². The molecule has 0 spiro atoms. The summed E-state index contributed by atoms with van der Waals surface area (Å²) in [6.07, 6.45) is -2.00. The van der Waals surface area contributed by atoms with Crippen LogP contribution in [0, 0.1) is 0 Å². The summed E-state index contributed by atoms with van der Waals surface area (Å²) in [7, 11) is 0. The molecule has 0 heterocycles. The lowest BCUT2D eigenvalue weighted by molar-refractivity contribution is -0.659. The molecule has 0 saturated heterocycles. The number of hydrogen-bond acceptors (Lipinski definition) is 5. The summed E-state index contributed by atoms with van der Waals surface area (Å²) in [6, 6.07) is 0. The van der Waals surface area contributed by atoms with Gasteiger partial charge in [0.15, 0.2) is 6.10 Å². The molecule has 1 unspecified atom stereocenters. The third-order valence-electron chi connectivity index (χ3n) is 0.935. The van der Waals surface area contributed by atoms with Crippen LogP contribution in [0.1, 0.15) is 6.42 Å². The van der Waals surface area contributed by atoms with E-state index in [0.717, 1.165) is 0 Å². The molecular weight excluding hydrogens is 156 g/mol. The van der Waals surface area contributed by atoms with E-state index >= 15 is 0 Å². The van der Waals surface area contributed by atoms with E-state index in [1.807, 2.05) is 0 Å². The molecule has 64 valence electrons. The van der Waals surface area contributed by atoms with Crippen LogP contribution >= 0.6 is 0 Å². The predicted octanol–water partition coefficient (Wildman–Crippen LogP) is -3.86. The molecule has 0 radical (unpaired) electrons. The van der Waals surface area contributed by atoms with Crippen molar-refractivity contribution in [3.63, 3.8) is 0 Å². The highest BCUT2D eigenvalue weighted by Crippen LogP contribution is 1.93. The van der Waals surface area contributed by atoms with Crippen molar-refractivity contribution in [1.29, 1.82) is 0 Å². The van der Waals surface area contributed by atoms with E-state index < -0.39 is 24.5 Å². The van der Waals surface area contributed by atoms with E-state index in [0.29, 0.717) is 0 Å². The molecule has 0 saturated carbocycles. The summed E-state index contributed by atoms with van der Waals surface area (Å²) in [4.78, 5) is 28.6. The number of quaternary nitrogens is 2. The number of aliphatic hydroxyl groups excluding tert-OH is 1. The monoisotopic (exact) mass is 166 g/mol. The van der Waals surface area contributed by atoms with Gasteiger partial charge in [0.2, 0.25) is 0 Å². The molecule has 0 rings (SSSR count). The SMILES string of the molecule is [NH3+]OC(=O)CC(O)C(=O)O[NH3+]. The summed E-state index contributed by atoms with van der Waals surface area (Å²) in [5.41, 5.74) is 0. The van der Waals surface area contributed by atoms with E-state index in [9.17, 15) is 9.59 Å². The smallest absolute Gasteiger partial charge is 0.381 e. The van der Waals surface area contributed by atoms with Crippen molar-refractivity contribution >= 4 is 11.9 Å². The second kappa shape index (κ2) is 4.61. The normalized spacial score (nSPS) is 11.9. The van der Waals surface area contributed by atoms with Gasteiger partial charge >= 0.3 is 11.9 Å². The third-order valence-corrected chi connectivity index (χ3v) is 0.935. The molecule has 0 aliphatic rings. The van der Waals surface area contributed by atoms with Gasteiger partial charge in [-0.2, -0.15) is 11.8 Å². The maximum atomic E-state index is 10.4. The van der Waals surface area contributed by atoms with Gasteiger partial charge in [-0.15, -0.1) is 0 Å². The highest BCUT2D eigenvalue weighted by atomic mass is 16.7. The Labute approximate surface area is 61.8 Å². The van der Waals surface area contributed by atoms with Crippen molar-refractivity contribution in [2.24, 2.45) is 0 Å². The second-order valence-electron chi connectivity index (χ2n) is 1.70. The summed E-state index contributed by atoms with van der Waals surface area (Å²) < 4.78 is 0. The van der Waals surface area contributed by atoms with Crippen LogP contribution in [0.4, 0.5) is 0 Å². The van der Waals surface area contributed by atoms with Gasteiger partial charge in [0.1, 0.15) is 0 Å². The van der Waals surface area contributed by atoms with Gasteiger partial charge < -0.3 is 5.11 Å². The lowest BCUT2D eigenvalue weighted by atomic mass is 10.3. The number of carbonyl (C=O) groups excluding carboxylic acids is 2. The largest absolute Gasteiger partial charge is 0.395 e. The van der Waals surface area contributed by atoms with E-state index in [1.54, 1.807) is 0 Å². The van der Waals surface area contributed by atoms with Gasteiger partial charge in [-0.1, -0.05) is 0 Å². The minimum absolute atomic E-state index is 0.474. The maximum Gasteiger partial charge on any atom is 0.395 e. The molecule has 0 aliphatic heterocycles. The lowest BCUT2D eigenvalue weighted by Gasteiger charge is -2.01. The quantitative estimate of drug-likeness (QED) is 0.369.